The number of carbonyl (C=O) groups is 1. The Bertz CT molecular complexity index is 433. The normalized spacial score (nSPS) is 24.4. The van der Waals surface area contributed by atoms with E-state index in [-0.39, 0.29) is 11.9 Å². The first-order chi connectivity index (χ1) is 9.10. The number of nitrogens with zero attached hydrogens (tertiary/aromatic N) is 1. The van der Waals surface area contributed by atoms with Gasteiger partial charge in [-0.25, -0.2) is 4.98 Å². The second-order valence-electron chi connectivity index (χ2n) is 4.92. The van der Waals surface area contributed by atoms with Crippen LogP contribution >= 0.6 is 23.1 Å². The molecule has 1 aliphatic carbocycles. The van der Waals surface area contributed by atoms with Gasteiger partial charge in [0.2, 0.25) is 0 Å². The number of amides is 1. The van der Waals surface area contributed by atoms with Crippen LogP contribution in [0.4, 0.5) is 0 Å². The third-order valence-electron chi connectivity index (χ3n) is 3.27. The summed E-state index contributed by atoms with van der Waals surface area (Å²) >= 11 is 3.44. The summed E-state index contributed by atoms with van der Waals surface area (Å²) in [6, 6.07) is 0.195. The highest BCUT2D eigenvalue weighted by molar-refractivity contribution is 7.99. The lowest BCUT2D eigenvalue weighted by Gasteiger charge is -2.12. The van der Waals surface area contributed by atoms with Gasteiger partial charge in [0.1, 0.15) is 10.7 Å². The largest absolute Gasteiger partial charge is 0.348 e. The zero-order valence-corrected chi connectivity index (χ0v) is 13.0. The highest BCUT2D eigenvalue weighted by atomic mass is 32.2. The molecule has 3 atom stereocenters. The molecule has 1 saturated carbocycles. The number of aromatic nitrogens is 1. The zero-order chi connectivity index (χ0) is 13.8. The summed E-state index contributed by atoms with van der Waals surface area (Å²) in [6.07, 6.45) is 3.35. The molecule has 3 N–H and O–H groups in total. The summed E-state index contributed by atoms with van der Waals surface area (Å²) in [7, 11) is 0. The van der Waals surface area contributed by atoms with Gasteiger partial charge in [-0.1, -0.05) is 6.92 Å². The van der Waals surface area contributed by atoms with Crippen molar-refractivity contribution in [2.45, 2.75) is 50.4 Å². The standard InChI is InChI=1S/C13H21N3OS2/c1-3-18-10-5-4-9(6-10)15-12(17)11-7-19-13(16-11)8(2)14/h7-10H,3-6,14H2,1-2H3,(H,15,17). The van der Waals surface area contributed by atoms with Crippen LogP contribution in [-0.4, -0.2) is 27.9 Å². The third kappa shape index (κ3) is 3.94. The molecule has 1 fully saturated rings. The lowest BCUT2D eigenvalue weighted by molar-refractivity contribution is 0.0933. The van der Waals surface area contributed by atoms with Crippen molar-refractivity contribution in [3.8, 4) is 0 Å². The Balaban J connectivity index is 1.87. The maximum atomic E-state index is 12.1. The van der Waals surface area contributed by atoms with Gasteiger partial charge >= 0.3 is 0 Å². The molecule has 0 bridgehead atoms. The zero-order valence-electron chi connectivity index (χ0n) is 11.4. The van der Waals surface area contributed by atoms with Crippen LogP contribution in [0.3, 0.4) is 0 Å². The van der Waals surface area contributed by atoms with Gasteiger partial charge in [0.05, 0.1) is 6.04 Å². The molecular formula is C13H21N3OS2. The molecule has 1 aromatic heterocycles. The number of hydrogen-bond acceptors (Lipinski definition) is 5. The van der Waals surface area contributed by atoms with Crippen LogP contribution in [0.2, 0.25) is 0 Å². The van der Waals surface area contributed by atoms with Crippen LogP contribution in [0.1, 0.15) is 54.6 Å². The first-order valence-electron chi connectivity index (χ1n) is 6.73. The highest BCUT2D eigenvalue weighted by Gasteiger charge is 2.26. The van der Waals surface area contributed by atoms with E-state index in [4.69, 9.17) is 5.73 Å². The van der Waals surface area contributed by atoms with Crippen molar-refractivity contribution < 1.29 is 4.79 Å². The minimum atomic E-state index is -0.108. The molecule has 4 nitrogen and oxygen atoms in total. The number of nitrogens with two attached hydrogens (primary N) is 1. The molecule has 6 heteroatoms. The molecule has 0 saturated heterocycles. The first-order valence-corrected chi connectivity index (χ1v) is 8.66. The predicted molar refractivity (Wildman–Crippen MR) is 81.7 cm³/mol. The molecule has 0 spiro atoms. The van der Waals surface area contributed by atoms with Crippen molar-refractivity contribution in [2.75, 3.05) is 5.75 Å². The van der Waals surface area contributed by atoms with Crippen molar-refractivity contribution in [1.29, 1.82) is 0 Å². The van der Waals surface area contributed by atoms with Crippen LogP contribution in [0.25, 0.3) is 0 Å². The van der Waals surface area contributed by atoms with E-state index in [1.165, 1.54) is 17.8 Å². The van der Waals surface area contributed by atoms with Gasteiger partial charge in [0.15, 0.2) is 0 Å². The van der Waals surface area contributed by atoms with E-state index >= 15 is 0 Å². The molecule has 3 unspecified atom stereocenters. The molecule has 1 aliphatic rings. The van der Waals surface area contributed by atoms with E-state index in [9.17, 15) is 4.79 Å². The second kappa shape index (κ2) is 6.72. The minimum absolute atomic E-state index is 0.0599. The number of thiazole rings is 1. The minimum Gasteiger partial charge on any atom is -0.348 e. The Morgan fingerprint density at radius 1 is 1.68 bits per heavy atom. The van der Waals surface area contributed by atoms with E-state index in [0.29, 0.717) is 17.0 Å². The Hall–Kier alpha value is -0.590. The Morgan fingerprint density at radius 3 is 3.11 bits per heavy atom. The van der Waals surface area contributed by atoms with Gasteiger partial charge in [0, 0.05) is 16.7 Å². The molecule has 1 aromatic rings. The highest BCUT2D eigenvalue weighted by Crippen LogP contribution is 2.29. The molecule has 1 heterocycles. The third-order valence-corrected chi connectivity index (χ3v) is 5.54. The molecular weight excluding hydrogens is 278 g/mol. The molecule has 0 aliphatic heterocycles. The molecule has 0 aromatic carbocycles. The fraction of sp³-hybridized carbons (Fsp3) is 0.692. The first kappa shape index (κ1) is 14.8. The molecule has 0 radical (unpaired) electrons. The van der Waals surface area contributed by atoms with Crippen molar-refractivity contribution in [3.05, 3.63) is 16.1 Å². The summed E-state index contributed by atoms with van der Waals surface area (Å²) in [4.78, 5) is 16.4. The van der Waals surface area contributed by atoms with Gasteiger partial charge in [-0.2, -0.15) is 11.8 Å². The second-order valence-corrected chi connectivity index (χ2v) is 7.39. The summed E-state index contributed by atoms with van der Waals surface area (Å²) in [5.41, 5.74) is 6.26. The number of carbonyl (C=O) groups excluding carboxylic acids is 1. The number of nitrogens with one attached hydrogen (secondary N) is 1. The topological polar surface area (TPSA) is 68.0 Å². The van der Waals surface area contributed by atoms with Crippen molar-refractivity contribution >= 4 is 29.0 Å². The number of thioether (sulfide) groups is 1. The average molecular weight is 299 g/mol. The average Bonchev–Trinajstić information content (AvgIpc) is 2.98. The summed E-state index contributed by atoms with van der Waals surface area (Å²) < 4.78 is 0. The van der Waals surface area contributed by atoms with E-state index in [1.54, 1.807) is 5.38 Å². The lowest BCUT2D eigenvalue weighted by atomic mass is 10.2. The summed E-state index contributed by atoms with van der Waals surface area (Å²) in [5, 5.41) is 6.39. The van der Waals surface area contributed by atoms with Crippen LogP contribution in [0.5, 0.6) is 0 Å². The molecule has 19 heavy (non-hydrogen) atoms. The van der Waals surface area contributed by atoms with Crippen LogP contribution in [0, 0.1) is 0 Å². The molecule has 2 rings (SSSR count). The van der Waals surface area contributed by atoms with Crippen LogP contribution in [-0.2, 0) is 0 Å². The maximum absolute atomic E-state index is 12.1. The Morgan fingerprint density at radius 2 is 2.47 bits per heavy atom. The van der Waals surface area contributed by atoms with Crippen LogP contribution in [0.15, 0.2) is 5.38 Å². The van der Waals surface area contributed by atoms with Gasteiger partial charge < -0.3 is 11.1 Å². The number of rotatable bonds is 5. The van der Waals surface area contributed by atoms with Gasteiger partial charge in [-0.3, -0.25) is 4.79 Å². The quantitative estimate of drug-likeness (QED) is 0.877. The van der Waals surface area contributed by atoms with Crippen LogP contribution < -0.4 is 11.1 Å². The van der Waals surface area contributed by atoms with Gasteiger partial charge in [0.25, 0.3) is 5.91 Å². The van der Waals surface area contributed by atoms with E-state index < -0.39 is 0 Å². The predicted octanol–water partition coefficient (Wildman–Crippen LogP) is 2.57. The Labute approximate surface area is 122 Å². The molecule has 1 amide bonds. The van der Waals surface area contributed by atoms with Crippen molar-refractivity contribution in [1.82, 2.24) is 10.3 Å². The van der Waals surface area contributed by atoms with E-state index in [1.807, 2.05) is 18.7 Å². The van der Waals surface area contributed by atoms with Crippen molar-refractivity contribution in [2.24, 2.45) is 5.73 Å². The van der Waals surface area contributed by atoms with Gasteiger partial charge in [-0.05, 0) is 31.9 Å². The Kier molecular flexibility index (Phi) is 5.24. The molecule has 106 valence electrons. The fourth-order valence-electron chi connectivity index (χ4n) is 2.32. The number of hydrogen-bond donors (Lipinski definition) is 2. The summed E-state index contributed by atoms with van der Waals surface area (Å²) in [5.74, 6) is 1.09. The maximum Gasteiger partial charge on any atom is 0.270 e. The monoisotopic (exact) mass is 299 g/mol. The SMILES string of the molecule is CCSC1CCC(NC(=O)c2csc(C(C)N)n2)C1. The van der Waals surface area contributed by atoms with E-state index in [0.717, 1.165) is 23.6 Å². The van der Waals surface area contributed by atoms with Crippen molar-refractivity contribution in [3.63, 3.8) is 0 Å². The fourth-order valence-corrected chi connectivity index (χ4v) is 4.22. The lowest BCUT2D eigenvalue weighted by Crippen LogP contribution is -2.33. The smallest absolute Gasteiger partial charge is 0.270 e. The van der Waals surface area contributed by atoms with Gasteiger partial charge in [-0.15, -0.1) is 11.3 Å². The summed E-state index contributed by atoms with van der Waals surface area (Å²) in [6.45, 7) is 4.06. The van der Waals surface area contributed by atoms with E-state index in [2.05, 4.69) is 17.2 Å².